The maximum atomic E-state index is 13.9. The van der Waals surface area contributed by atoms with Gasteiger partial charge in [-0.2, -0.15) is 0 Å². The number of urea groups is 1. The molecule has 1 aromatic rings. The van der Waals surface area contributed by atoms with Crippen LogP contribution in [0.3, 0.4) is 0 Å². The molecule has 0 bridgehead atoms. The van der Waals surface area contributed by atoms with Crippen molar-refractivity contribution >= 4 is 22.7 Å². The van der Waals surface area contributed by atoms with E-state index in [1.165, 1.54) is 5.69 Å². The fourth-order valence-corrected chi connectivity index (χ4v) is 6.72. The van der Waals surface area contributed by atoms with Crippen LogP contribution in [0.2, 0.25) is 0 Å². The van der Waals surface area contributed by atoms with Gasteiger partial charge in [-0.15, -0.1) is 0 Å². The summed E-state index contributed by atoms with van der Waals surface area (Å²) in [7, 11) is -1.06. The van der Waals surface area contributed by atoms with E-state index < -0.39 is 11.0 Å². The third kappa shape index (κ3) is 7.59. The molecular weight excluding hydrogens is 460 g/mol. The third-order valence-corrected chi connectivity index (χ3v) is 9.39. The molecule has 2 heterocycles. The predicted octanol–water partition coefficient (Wildman–Crippen LogP) is 4.79. The molecule has 1 N–H and O–H groups in total. The van der Waals surface area contributed by atoms with Crippen molar-refractivity contribution < 1.29 is 13.7 Å². The highest BCUT2D eigenvalue weighted by Crippen LogP contribution is 2.34. The van der Waals surface area contributed by atoms with Gasteiger partial charge in [-0.25, -0.2) is 13.3 Å². The number of unbranched alkanes of at least 4 members (excludes halogenated alkanes) is 1. The molecule has 0 aliphatic carbocycles. The molecule has 2 amide bonds. The first-order valence-electron chi connectivity index (χ1n) is 13.4. The van der Waals surface area contributed by atoms with Crippen LogP contribution in [0.25, 0.3) is 0 Å². The van der Waals surface area contributed by atoms with Crippen molar-refractivity contribution in [1.29, 1.82) is 0 Å². The summed E-state index contributed by atoms with van der Waals surface area (Å²) >= 11 is 0. The van der Waals surface area contributed by atoms with Crippen molar-refractivity contribution in [3.63, 3.8) is 0 Å². The number of benzene rings is 1. The summed E-state index contributed by atoms with van der Waals surface area (Å²) in [4.78, 5) is 16.9. The second-order valence-electron chi connectivity index (χ2n) is 10.9. The number of nitrogens with one attached hydrogen (secondary N) is 1. The first kappa shape index (κ1) is 27.8. The van der Waals surface area contributed by atoms with E-state index in [-0.39, 0.29) is 16.3 Å². The van der Waals surface area contributed by atoms with Crippen molar-refractivity contribution in [3.8, 4) is 5.75 Å². The minimum atomic E-state index is -1.06. The Morgan fingerprint density at radius 3 is 2.31 bits per heavy atom. The smallest absolute Gasteiger partial charge is 0.317 e. The first-order valence-corrected chi connectivity index (χ1v) is 14.5. The second kappa shape index (κ2) is 12.4. The number of piperidine rings is 1. The van der Waals surface area contributed by atoms with Gasteiger partial charge in [0.2, 0.25) is 0 Å². The Labute approximate surface area is 215 Å². The molecule has 35 heavy (non-hydrogen) atoms. The van der Waals surface area contributed by atoms with Crippen molar-refractivity contribution in [2.75, 3.05) is 50.8 Å². The van der Waals surface area contributed by atoms with Crippen LogP contribution in [0.4, 0.5) is 10.5 Å². The molecule has 1 aromatic carbocycles. The van der Waals surface area contributed by atoms with Crippen LogP contribution < -0.4 is 15.0 Å². The molecule has 3 rings (SSSR count). The van der Waals surface area contributed by atoms with Crippen molar-refractivity contribution in [2.45, 2.75) is 83.4 Å². The van der Waals surface area contributed by atoms with Gasteiger partial charge < -0.3 is 19.9 Å². The van der Waals surface area contributed by atoms with E-state index in [1.807, 2.05) is 25.7 Å². The van der Waals surface area contributed by atoms with E-state index in [2.05, 4.69) is 52.6 Å². The molecule has 2 fully saturated rings. The molecule has 0 aromatic heterocycles. The molecular formula is C27H46N4O3S. The van der Waals surface area contributed by atoms with E-state index in [0.717, 1.165) is 77.1 Å². The lowest BCUT2D eigenvalue weighted by molar-refractivity contribution is 0.166. The first-order chi connectivity index (χ1) is 16.7. The van der Waals surface area contributed by atoms with Crippen LogP contribution in [-0.2, 0) is 11.0 Å². The number of nitrogens with zero attached hydrogens (tertiary/aromatic N) is 3. The summed E-state index contributed by atoms with van der Waals surface area (Å²) in [5, 5.41) is 3.06. The van der Waals surface area contributed by atoms with Crippen LogP contribution in [0.5, 0.6) is 5.75 Å². The van der Waals surface area contributed by atoms with E-state index in [4.69, 9.17) is 4.74 Å². The van der Waals surface area contributed by atoms with Gasteiger partial charge >= 0.3 is 6.03 Å². The Morgan fingerprint density at radius 1 is 1.03 bits per heavy atom. The topological polar surface area (TPSA) is 65.1 Å². The number of ether oxygens (including phenoxy) is 1. The average molecular weight is 507 g/mol. The minimum absolute atomic E-state index is 0.0137. The number of amides is 2. The van der Waals surface area contributed by atoms with Gasteiger partial charge in [0.25, 0.3) is 0 Å². The molecule has 198 valence electrons. The molecule has 2 aliphatic rings. The normalized spacial score (nSPS) is 20.3. The van der Waals surface area contributed by atoms with E-state index in [1.54, 1.807) is 0 Å². The Bertz CT molecular complexity index is 832. The lowest BCUT2D eigenvalue weighted by Gasteiger charge is -2.43. The Kier molecular flexibility index (Phi) is 9.87. The maximum Gasteiger partial charge on any atom is 0.317 e. The zero-order valence-electron chi connectivity index (χ0n) is 22.5. The van der Waals surface area contributed by atoms with Crippen molar-refractivity contribution in [3.05, 3.63) is 24.3 Å². The second-order valence-corrected chi connectivity index (χ2v) is 12.8. The number of anilines is 1. The molecule has 0 radical (unpaired) electrons. The van der Waals surface area contributed by atoms with Crippen LogP contribution in [0, 0.1) is 0 Å². The van der Waals surface area contributed by atoms with Crippen LogP contribution in [0.1, 0.15) is 73.1 Å². The van der Waals surface area contributed by atoms with E-state index in [9.17, 15) is 9.00 Å². The number of hydrogen-bond donors (Lipinski definition) is 1. The predicted molar refractivity (Wildman–Crippen MR) is 146 cm³/mol. The Hall–Kier alpha value is -1.80. The highest BCUT2D eigenvalue weighted by atomic mass is 32.2. The molecule has 7 nitrogen and oxygen atoms in total. The molecule has 2 saturated heterocycles. The molecule has 1 atom stereocenters. The monoisotopic (exact) mass is 506 g/mol. The van der Waals surface area contributed by atoms with E-state index >= 15 is 0 Å². The fraction of sp³-hybridized carbons (Fsp3) is 0.741. The van der Waals surface area contributed by atoms with Gasteiger partial charge in [-0.3, -0.25) is 0 Å². The zero-order chi connectivity index (χ0) is 25.5. The molecule has 2 aliphatic heterocycles. The highest BCUT2D eigenvalue weighted by Gasteiger charge is 2.42. The molecule has 0 saturated carbocycles. The third-order valence-electron chi connectivity index (χ3n) is 7.12. The largest absolute Gasteiger partial charge is 0.494 e. The average Bonchev–Trinajstić information content (AvgIpc) is 3.09. The highest BCUT2D eigenvalue weighted by molar-refractivity contribution is 7.84. The SMILES string of the molecule is CCCCOc1ccc(N2CCCN(S(=O)C3(CC)CCN(C(=O)NC(C)(C)C)CC3)CC2)cc1. The standard InChI is InChI=1S/C27H46N4O3S/c1-6-8-22-34-24-12-10-23(11-13-24)29-16-9-17-31(21-20-29)35(33)27(7-2)14-18-30(19-15-27)25(32)28-26(3,4)5/h10-13H,6-9,14-22H2,1-5H3,(H,28,32). The number of rotatable bonds is 8. The van der Waals surface area contributed by atoms with Gasteiger partial charge in [0, 0.05) is 50.5 Å². The van der Waals surface area contributed by atoms with E-state index in [0.29, 0.717) is 13.1 Å². The summed E-state index contributed by atoms with van der Waals surface area (Å²) in [6.45, 7) is 15.9. The van der Waals surface area contributed by atoms with Gasteiger partial charge in [0.05, 0.1) is 11.4 Å². The van der Waals surface area contributed by atoms with Crippen molar-refractivity contribution in [2.24, 2.45) is 0 Å². The molecule has 0 spiro atoms. The van der Waals surface area contributed by atoms with Crippen LogP contribution in [0.15, 0.2) is 24.3 Å². The molecule has 1 unspecified atom stereocenters. The summed E-state index contributed by atoms with van der Waals surface area (Å²) in [6.07, 6.45) is 5.63. The fourth-order valence-electron chi connectivity index (χ4n) is 4.85. The number of carbonyl (C=O) groups is 1. The maximum absolute atomic E-state index is 13.9. The Morgan fingerprint density at radius 2 is 1.71 bits per heavy atom. The van der Waals surface area contributed by atoms with Crippen LogP contribution >= 0.6 is 0 Å². The number of likely N-dealkylation sites (tertiary alicyclic amines) is 1. The lowest BCUT2D eigenvalue weighted by Crippen LogP contribution is -2.56. The lowest BCUT2D eigenvalue weighted by atomic mass is 9.93. The van der Waals surface area contributed by atoms with Gasteiger partial charge in [0.15, 0.2) is 0 Å². The van der Waals surface area contributed by atoms with Gasteiger partial charge in [-0.1, -0.05) is 20.3 Å². The minimum Gasteiger partial charge on any atom is -0.494 e. The number of hydrogen-bond acceptors (Lipinski definition) is 4. The molecule has 8 heteroatoms. The van der Waals surface area contributed by atoms with Crippen LogP contribution in [-0.4, -0.2) is 75.6 Å². The summed E-state index contributed by atoms with van der Waals surface area (Å²) in [6, 6.07) is 8.38. The summed E-state index contributed by atoms with van der Waals surface area (Å²) in [5.41, 5.74) is 0.948. The van der Waals surface area contributed by atoms with Crippen molar-refractivity contribution in [1.82, 2.24) is 14.5 Å². The number of carbonyl (C=O) groups excluding carboxylic acids is 1. The summed E-state index contributed by atoms with van der Waals surface area (Å²) < 4.78 is 21.6. The quantitative estimate of drug-likeness (QED) is 0.515. The Balaban J connectivity index is 1.56. The zero-order valence-corrected chi connectivity index (χ0v) is 23.3. The summed E-state index contributed by atoms with van der Waals surface area (Å²) in [5.74, 6) is 0.923. The van der Waals surface area contributed by atoms with Gasteiger partial charge in [0.1, 0.15) is 16.7 Å². The van der Waals surface area contributed by atoms with Gasteiger partial charge in [-0.05, 0) is 77.1 Å².